The molecule has 0 saturated carbocycles. The minimum absolute atomic E-state index is 0. The fraction of sp³-hybridized carbons (Fsp3) is 0.316. The number of amides is 2. The molecule has 172 valence electrons. The molecule has 1 aromatic heterocycles. The minimum Gasteiger partial charge on any atom is -0.543 e. The number of ether oxygens (including phenoxy) is 1. The van der Waals surface area contributed by atoms with Gasteiger partial charge in [-0.3, -0.25) is 19.3 Å². The number of carbonyl (C=O) groups is 4. The molecule has 2 amide bonds. The van der Waals surface area contributed by atoms with Crippen LogP contribution in [-0.2, 0) is 36.6 Å². The van der Waals surface area contributed by atoms with Crippen molar-refractivity contribution >= 4 is 47.8 Å². The molecule has 0 bridgehead atoms. The molecule has 2 N–H and O–H groups in total. The van der Waals surface area contributed by atoms with Crippen molar-refractivity contribution in [2.75, 3.05) is 11.5 Å². The summed E-state index contributed by atoms with van der Waals surface area (Å²) in [6, 6.07) is 7.95. The number of aliphatic carboxylic acids is 1. The summed E-state index contributed by atoms with van der Waals surface area (Å²) >= 11 is 2.45. The Labute approximate surface area is 223 Å². The first-order chi connectivity index (χ1) is 15.8. The third kappa shape index (κ3) is 4.24. The molecule has 12 nitrogen and oxygen atoms in total. The van der Waals surface area contributed by atoms with Crippen LogP contribution in [0, 0.1) is 5.92 Å². The van der Waals surface area contributed by atoms with Crippen LogP contribution in [0.25, 0.3) is 0 Å². The third-order valence-electron chi connectivity index (χ3n) is 5.44. The number of tetrazole rings is 1. The Morgan fingerprint density at radius 1 is 1.38 bits per heavy atom. The molecule has 15 heteroatoms. The molecule has 3 atom stereocenters. The number of rotatable bonds is 9. The summed E-state index contributed by atoms with van der Waals surface area (Å²) in [6.07, 6.45) is 0. The van der Waals surface area contributed by atoms with Gasteiger partial charge in [-0.15, -0.1) is 16.9 Å². The van der Waals surface area contributed by atoms with Gasteiger partial charge in [0.05, 0.1) is 17.0 Å². The van der Waals surface area contributed by atoms with Gasteiger partial charge in [0.25, 0.3) is 12.4 Å². The number of nitrogens with two attached hydrogens (primary N) is 1. The van der Waals surface area contributed by atoms with Gasteiger partial charge < -0.3 is 20.4 Å². The first kappa shape index (κ1) is 26.2. The molecule has 1 saturated heterocycles. The maximum atomic E-state index is 13.3. The molecule has 3 heterocycles. The predicted molar refractivity (Wildman–Crippen MR) is 113 cm³/mol. The molecule has 0 radical (unpaired) electrons. The van der Waals surface area contributed by atoms with Gasteiger partial charge >= 0.3 is 29.6 Å². The molecule has 1 unspecified atom stereocenters. The normalized spacial score (nSPS) is 21.0. The second kappa shape index (κ2) is 10.5. The van der Waals surface area contributed by atoms with E-state index < -0.39 is 34.7 Å². The van der Waals surface area contributed by atoms with Crippen LogP contribution in [0.3, 0.4) is 0 Å². The van der Waals surface area contributed by atoms with Crippen molar-refractivity contribution in [2.24, 2.45) is 18.7 Å². The number of carboxylic acids is 1. The number of aromatic nitrogens is 4. The van der Waals surface area contributed by atoms with Gasteiger partial charge in [-0.25, -0.2) is 4.68 Å². The van der Waals surface area contributed by atoms with Gasteiger partial charge in [0, 0.05) is 24.1 Å². The van der Waals surface area contributed by atoms with E-state index in [9.17, 15) is 24.3 Å². The summed E-state index contributed by atoms with van der Waals surface area (Å²) < 4.78 is 6.64. The van der Waals surface area contributed by atoms with Crippen LogP contribution in [0.5, 0.6) is 0 Å². The fourth-order valence-electron chi connectivity index (χ4n) is 3.96. The maximum absolute atomic E-state index is 13.3. The number of carboxylic acid groups (broad SMARTS) is 1. The summed E-state index contributed by atoms with van der Waals surface area (Å²) in [6.45, 7) is 0.0632. The summed E-state index contributed by atoms with van der Waals surface area (Å²) in [7, 11) is 1.64. The molecule has 4 rings (SSSR count). The molecule has 0 aliphatic carbocycles. The Bertz CT molecular complexity index is 1160. The van der Waals surface area contributed by atoms with Crippen molar-refractivity contribution in [2.45, 2.75) is 16.1 Å². The number of nitrogens with zero attached hydrogens (tertiary/aromatic N) is 5. The molecular weight excluding hydrogens is 495 g/mol. The van der Waals surface area contributed by atoms with E-state index in [0.717, 1.165) is 4.90 Å². The molecule has 2 aliphatic rings. The SMILES string of the molecule is Cn1nnnc1SCC1=C(C(=O)[O-])N2C(=O)[C@@H](C(OC=O)(C(N)=O)c3ccccc3)[C@H]2SC1.[Na+]. The number of benzene rings is 1. The van der Waals surface area contributed by atoms with Gasteiger partial charge in [0.1, 0.15) is 5.92 Å². The Hall–Kier alpha value is -2.39. The number of aryl methyl sites for hydroxylation is 1. The second-order valence-corrected chi connectivity index (χ2v) is 9.23. The van der Waals surface area contributed by atoms with Crippen LogP contribution in [-0.4, -0.2) is 66.2 Å². The zero-order valence-corrected chi connectivity index (χ0v) is 21.7. The topological polar surface area (TPSA) is 173 Å². The number of thioether (sulfide) groups is 2. The summed E-state index contributed by atoms with van der Waals surface area (Å²) in [5, 5.41) is 22.8. The summed E-state index contributed by atoms with van der Waals surface area (Å²) in [4.78, 5) is 50.3. The van der Waals surface area contributed by atoms with Crippen molar-refractivity contribution < 1.29 is 58.6 Å². The van der Waals surface area contributed by atoms with Crippen LogP contribution in [0.2, 0.25) is 0 Å². The van der Waals surface area contributed by atoms with Crippen LogP contribution in [0.15, 0.2) is 46.8 Å². The zero-order chi connectivity index (χ0) is 23.8. The molecule has 1 fully saturated rings. The number of fused-ring (bicyclic) bond motifs is 1. The number of carbonyl (C=O) groups excluding carboxylic acids is 4. The average molecular weight is 513 g/mol. The second-order valence-electron chi connectivity index (χ2n) is 7.18. The molecule has 2 aromatic rings. The quantitative estimate of drug-likeness (QED) is 0.148. The van der Waals surface area contributed by atoms with E-state index in [-0.39, 0.29) is 58.8 Å². The Balaban J connectivity index is 0.00000324. The van der Waals surface area contributed by atoms with Crippen molar-refractivity contribution in [3.8, 4) is 0 Å². The van der Waals surface area contributed by atoms with Crippen molar-refractivity contribution in [3.05, 3.63) is 47.2 Å². The van der Waals surface area contributed by atoms with Gasteiger partial charge in [0.2, 0.25) is 16.7 Å². The standard InChI is InChI=1S/C19H18N6O6S2.Na/c1-24-18(21-22-23-24)33-8-10-7-32-15-12(14(27)25(15)13(10)16(28)29)19(17(20)30,31-9-26)11-5-3-2-4-6-11;/h2-6,9,12,15H,7-8H2,1H3,(H2,20,30)(H,28,29);/q;+1/p-1/t12-,15-,19?;/m1./s1. The molecule has 34 heavy (non-hydrogen) atoms. The van der Waals surface area contributed by atoms with Gasteiger partial charge in [-0.2, -0.15) is 0 Å². The van der Waals surface area contributed by atoms with Gasteiger partial charge in [-0.05, 0) is 16.0 Å². The largest absolute Gasteiger partial charge is 1.00 e. The monoisotopic (exact) mass is 512 g/mol. The van der Waals surface area contributed by atoms with Crippen LogP contribution >= 0.6 is 23.5 Å². The van der Waals surface area contributed by atoms with Crippen LogP contribution < -0.4 is 40.4 Å². The van der Waals surface area contributed by atoms with E-state index >= 15 is 0 Å². The summed E-state index contributed by atoms with van der Waals surface area (Å²) in [5.74, 6) is -4.04. The van der Waals surface area contributed by atoms with Crippen LogP contribution in [0.4, 0.5) is 0 Å². The van der Waals surface area contributed by atoms with Gasteiger partial charge in [0.15, 0.2) is 0 Å². The molecule has 2 aliphatic heterocycles. The van der Waals surface area contributed by atoms with Gasteiger partial charge in [-0.1, -0.05) is 42.1 Å². The smallest absolute Gasteiger partial charge is 0.543 e. The van der Waals surface area contributed by atoms with Crippen molar-refractivity contribution in [3.63, 3.8) is 0 Å². The first-order valence-corrected chi connectivity index (χ1v) is 11.6. The van der Waals surface area contributed by atoms with Crippen LogP contribution in [0.1, 0.15) is 5.56 Å². The van der Waals surface area contributed by atoms with E-state index in [1.165, 1.54) is 40.3 Å². The number of hydrogen-bond donors (Lipinski definition) is 1. The fourth-order valence-corrected chi connectivity index (χ4v) is 6.41. The maximum Gasteiger partial charge on any atom is 1.00 e. The van der Waals surface area contributed by atoms with Crippen molar-refractivity contribution in [1.82, 2.24) is 25.1 Å². The molecular formula is C19H17N6NaO6S2. The predicted octanol–water partition coefficient (Wildman–Crippen LogP) is -4.60. The third-order valence-corrected chi connectivity index (χ3v) is 7.87. The number of β-lactam (4-membered cyclic amide) rings is 1. The Kier molecular flexibility index (Phi) is 8.08. The van der Waals surface area contributed by atoms with Crippen molar-refractivity contribution in [1.29, 1.82) is 0 Å². The van der Waals surface area contributed by atoms with E-state index in [0.29, 0.717) is 10.7 Å². The number of hydrogen-bond acceptors (Lipinski definition) is 11. The Morgan fingerprint density at radius 2 is 2.09 bits per heavy atom. The van der Waals surface area contributed by atoms with E-state index in [1.54, 1.807) is 25.2 Å². The molecule has 1 aromatic carbocycles. The first-order valence-electron chi connectivity index (χ1n) is 9.53. The minimum atomic E-state index is -2.08. The van der Waals surface area contributed by atoms with E-state index in [4.69, 9.17) is 10.5 Å². The number of primary amides is 1. The Morgan fingerprint density at radius 3 is 2.65 bits per heavy atom. The summed E-state index contributed by atoms with van der Waals surface area (Å²) in [5.41, 5.74) is 3.96. The van der Waals surface area contributed by atoms with E-state index in [2.05, 4.69) is 15.5 Å². The molecule has 0 spiro atoms. The average Bonchev–Trinajstić information content (AvgIpc) is 3.21. The van der Waals surface area contributed by atoms with E-state index in [1.807, 2.05) is 0 Å². The zero-order valence-electron chi connectivity index (χ0n) is 18.1.